The first kappa shape index (κ1) is 14.4. The average Bonchev–Trinajstić information content (AvgIpc) is 2.47. The SMILES string of the molecule is CCOc1cccc(C(N)c2ccc(OC)cc2C)c1. The lowest BCUT2D eigenvalue weighted by Crippen LogP contribution is -2.13. The lowest BCUT2D eigenvalue weighted by molar-refractivity contribution is 0.340. The molecule has 3 heteroatoms. The van der Waals surface area contributed by atoms with Gasteiger partial charge in [-0.1, -0.05) is 18.2 Å². The molecule has 0 saturated carbocycles. The molecule has 0 aliphatic rings. The van der Waals surface area contributed by atoms with Crippen molar-refractivity contribution in [2.45, 2.75) is 19.9 Å². The molecule has 1 unspecified atom stereocenters. The third-order valence-electron chi connectivity index (χ3n) is 3.34. The van der Waals surface area contributed by atoms with Crippen molar-refractivity contribution >= 4 is 0 Å². The Morgan fingerprint density at radius 3 is 2.55 bits per heavy atom. The first-order valence-electron chi connectivity index (χ1n) is 6.78. The van der Waals surface area contributed by atoms with E-state index in [0.717, 1.165) is 28.2 Å². The molecule has 0 fully saturated rings. The summed E-state index contributed by atoms with van der Waals surface area (Å²) >= 11 is 0. The molecule has 0 saturated heterocycles. The molecule has 106 valence electrons. The van der Waals surface area contributed by atoms with Crippen molar-refractivity contribution in [2.24, 2.45) is 5.73 Å². The molecule has 2 aromatic rings. The van der Waals surface area contributed by atoms with Crippen molar-refractivity contribution in [3.8, 4) is 11.5 Å². The molecule has 0 spiro atoms. The summed E-state index contributed by atoms with van der Waals surface area (Å²) < 4.78 is 10.7. The second-order valence-corrected chi connectivity index (χ2v) is 4.71. The first-order chi connectivity index (χ1) is 9.65. The highest BCUT2D eigenvalue weighted by Gasteiger charge is 2.12. The fourth-order valence-corrected chi connectivity index (χ4v) is 2.27. The zero-order valence-corrected chi connectivity index (χ0v) is 12.2. The molecule has 0 aromatic heterocycles. The number of benzene rings is 2. The summed E-state index contributed by atoms with van der Waals surface area (Å²) in [4.78, 5) is 0. The average molecular weight is 271 g/mol. The van der Waals surface area contributed by atoms with Gasteiger partial charge in [-0.25, -0.2) is 0 Å². The minimum absolute atomic E-state index is 0.165. The van der Waals surface area contributed by atoms with Crippen molar-refractivity contribution in [2.75, 3.05) is 13.7 Å². The molecular formula is C17H21NO2. The van der Waals surface area contributed by atoms with Gasteiger partial charge in [-0.3, -0.25) is 0 Å². The van der Waals surface area contributed by atoms with Crippen molar-refractivity contribution in [3.63, 3.8) is 0 Å². The number of hydrogen-bond donors (Lipinski definition) is 1. The van der Waals surface area contributed by atoms with Crippen LogP contribution in [0.5, 0.6) is 11.5 Å². The van der Waals surface area contributed by atoms with Gasteiger partial charge in [0.1, 0.15) is 11.5 Å². The summed E-state index contributed by atoms with van der Waals surface area (Å²) in [5, 5.41) is 0. The predicted octanol–water partition coefficient (Wildman–Crippen LogP) is 3.45. The van der Waals surface area contributed by atoms with Crippen LogP contribution in [0.15, 0.2) is 42.5 Å². The molecule has 20 heavy (non-hydrogen) atoms. The van der Waals surface area contributed by atoms with E-state index in [4.69, 9.17) is 15.2 Å². The van der Waals surface area contributed by atoms with Crippen LogP contribution in [0.3, 0.4) is 0 Å². The van der Waals surface area contributed by atoms with Gasteiger partial charge in [0.2, 0.25) is 0 Å². The van der Waals surface area contributed by atoms with E-state index >= 15 is 0 Å². The van der Waals surface area contributed by atoms with Gasteiger partial charge >= 0.3 is 0 Å². The summed E-state index contributed by atoms with van der Waals surface area (Å²) in [6.07, 6.45) is 0. The zero-order valence-electron chi connectivity index (χ0n) is 12.2. The van der Waals surface area contributed by atoms with Crippen LogP contribution in [-0.2, 0) is 0 Å². The number of rotatable bonds is 5. The van der Waals surface area contributed by atoms with Crippen molar-refractivity contribution < 1.29 is 9.47 Å². The molecular weight excluding hydrogens is 250 g/mol. The Bertz CT molecular complexity index is 581. The van der Waals surface area contributed by atoms with Crippen molar-refractivity contribution in [1.29, 1.82) is 0 Å². The summed E-state index contributed by atoms with van der Waals surface area (Å²) in [5.41, 5.74) is 9.64. The maximum absolute atomic E-state index is 6.38. The monoisotopic (exact) mass is 271 g/mol. The maximum atomic E-state index is 6.38. The molecule has 0 bridgehead atoms. The van der Waals surface area contributed by atoms with Crippen LogP contribution in [0.25, 0.3) is 0 Å². The predicted molar refractivity (Wildman–Crippen MR) is 81.4 cm³/mol. The van der Waals surface area contributed by atoms with Crippen molar-refractivity contribution in [3.05, 3.63) is 59.2 Å². The van der Waals surface area contributed by atoms with Crippen molar-refractivity contribution in [1.82, 2.24) is 0 Å². The Kier molecular flexibility index (Phi) is 4.64. The minimum Gasteiger partial charge on any atom is -0.497 e. The Hall–Kier alpha value is -2.00. The van der Waals surface area contributed by atoms with Gasteiger partial charge in [-0.05, 0) is 54.8 Å². The van der Waals surface area contributed by atoms with Gasteiger partial charge in [-0.2, -0.15) is 0 Å². The maximum Gasteiger partial charge on any atom is 0.119 e. The molecule has 0 heterocycles. The van der Waals surface area contributed by atoms with E-state index in [1.807, 2.05) is 56.3 Å². The molecule has 0 aliphatic heterocycles. The van der Waals surface area contributed by atoms with E-state index < -0.39 is 0 Å². The zero-order chi connectivity index (χ0) is 14.5. The van der Waals surface area contributed by atoms with Crippen LogP contribution < -0.4 is 15.2 Å². The number of hydrogen-bond acceptors (Lipinski definition) is 3. The Labute approximate surface area is 120 Å². The Morgan fingerprint density at radius 2 is 1.90 bits per heavy atom. The summed E-state index contributed by atoms with van der Waals surface area (Å²) in [5.74, 6) is 1.70. The number of methoxy groups -OCH3 is 1. The topological polar surface area (TPSA) is 44.5 Å². The van der Waals surface area contributed by atoms with E-state index in [2.05, 4.69) is 0 Å². The quantitative estimate of drug-likeness (QED) is 0.906. The Morgan fingerprint density at radius 1 is 1.10 bits per heavy atom. The molecule has 1 atom stereocenters. The number of nitrogens with two attached hydrogens (primary N) is 1. The highest BCUT2D eigenvalue weighted by Crippen LogP contribution is 2.27. The third-order valence-corrected chi connectivity index (χ3v) is 3.34. The largest absolute Gasteiger partial charge is 0.497 e. The second kappa shape index (κ2) is 6.44. The molecule has 0 radical (unpaired) electrons. The van der Waals surface area contributed by atoms with Gasteiger partial charge in [0.05, 0.1) is 19.8 Å². The van der Waals surface area contributed by atoms with Crippen LogP contribution in [0, 0.1) is 6.92 Å². The van der Waals surface area contributed by atoms with Gasteiger partial charge in [0.25, 0.3) is 0 Å². The molecule has 0 aliphatic carbocycles. The van der Waals surface area contributed by atoms with Crippen LogP contribution >= 0.6 is 0 Å². The van der Waals surface area contributed by atoms with E-state index in [-0.39, 0.29) is 6.04 Å². The highest BCUT2D eigenvalue weighted by molar-refractivity contribution is 5.42. The lowest BCUT2D eigenvalue weighted by Gasteiger charge is -2.17. The summed E-state index contributed by atoms with van der Waals surface area (Å²) in [6.45, 7) is 4.67. The fraction of sp³-hybridized carbons (Fsp3) is 0.294. The molecule has 2 rings (SSSR count). The lowest BCUT2D eigenvalue weighted by atomic mass is 9.95. The van der Waals surface area contributed by atoms with Gasteiger partial charge in [0, 0.05) is 0 Å². The standard InChI is InChI=1S/C17H21NO2/c1-4-20-15-7-5-6-13(11-15)17(18)16-9-8-14(19-3)10-12(16)2/h5-11,17H,4,18H2,1-3H3. The van der Waals surface area contributed by atoms with Gasteiger partial charge < -0.3 is 15.2 Å². The Balaban J connectivity index is 2.30. The number of aryl methyl sites for hydroxylation is 1. The fourth-order valence-electron chi connectivity index (χ4n) is 2.27. The highest BCUT2D eigenvalue weighted by atomic mass is 16.5. The molecule has 0 amide bonds. The smallest absolute Gasteiger partial charge is 0.119 e. The van der Waals surface area contributed by atoms with Crippen LogP contribution in [0.1, 0.15) is 29.7 Å². The van der Waals surface area contributed by atoms with E-state index in [1.165, 1.54) is 0 Å². The second-order valence-electron chi connectivity index (χ2n) is 4.71. The minimum atomic E-state index is -0.165. The third kappa shape index (κ3) is 3.11. The first-order valence-corrected chi connectivity index (χ1v) is 6.78. The normalized spacial score (nSPS) is 12.0. The van der Waals surface area contributed by atoms with Crippen LogP contribution in [0.4, 0.5) is 0 Å². The van der Waals surface area contributed by atoms with E-state index in [0.29, 0.717) is 6.61 Å². The molecule has 2 N–H and O–H groups in total. The molecule has 3 nitrogen and oxygen atoms in total. The van der Waals surface area contributed by atoms with Crippen LogP contribution in [-0.4, -0.2) is 13.7 Å². The van der Waals surface area contributed by atoms with E-state index in [9.17, 15) is 0 Å². The van der Waals surface area contributed by atoms with Crippen LogP contribution in [0.2, 0.25) is 0 Å². The summed E-state index contributed by atoms with van der Waals surface area (Å²) in [6, 6.07) is 13.7. The van der Waals surface area contributed by atoms with Gasteiger partial charge in [-0.15, -0.1) is 0 Å². The summed E-state index contributed by atoms with van der Waals surface area (Å²) in [7, 11) is 1.67. The number of ether oxygens (including phenoxy) is 2. The van der Waals surface area contributed by atoms with E-state index in [1.54, 1.807) is 7.11 Å². The van der Waals surface area contributed by atoms with Gasteiger partial charge in [0.15, 0.2) is 0 Å². The molecule has 2 aromatic carbocycles.